The number of aryl methyl sites for hydroxylation is 1. The van der Waals surface area contributed by atoms with Crippen LogP contribution in [0.3, 0.4) is 0 Å². The summed E-state index contributed by atoms with van der Waals surface area (Å²) in [6.07, 6.45) is 0. The van der Waals surface area contributed by atoms with Gasteiger partial charge in [-0.1, -0.05) is 36.4 Å². The van der Waals surface area contributed by atoms with Crippen LogP contribution in [0.1, 0.15) is 16.1 Å². The van der Waals surface area contributed by atoms with Crippen molar-refractivity contribution >= 4 is 21.6 Å². The van der Waals surface area contributed by atoms with E-state index in [0.717, 1.165) is 10.5 Å². The molecule has 1 aromatic heterocycles. The van der Waals surface area contributed by atoms with Crippen molar-refractivity contribution in [2.75, 3.05) is 0 Å². The minimum atomic E-state index is 0.577. The lowest BCUT2D eigenvalue weighted by Gasteiger charge is -2.01. The van der Waals surface area contributed by atoms with Crippen molar-refractivity contribution in [1.29, 1.82) is 0 Å². The quantitative estimate of drug-likeness (QED) is 0.703. The van der Waals surface area contributed by atoms with Gasteiger partial charge in [-0.05, 0) is 30.2 Å². The van der Waals surface area contributed by atoms with Crippen LogP contribution >= 0.6 is 11.3 Å². The zero-order chi connectivity index (χ0) is 13.1. The zero-order valence-corrected chi connectivity index (χ0v) is 11.6. The molecule has 2 nitrogen and oxygen atoms in total. The topological polar surface area (TPSA) is 22.1 Å². The maximum Gasteiger partial charge on any atom is 0.120 e. The number of hydrogen-bond donors (Lipinski definition) is 0. The molecule has 96 valence electrons. The Morgan fingerprint density at radius 2 is 1.89 bits per heavy atom. The number of nitrogens with zero attached hydrogens (tertiary/aromatic N) is 1. The van der Waals surface area contributed by atoms with Crippen LogP contribution in [0, 0.1) is 6.92 Å². The van der Waals surface area contributed by atoms with Crippen molar-refractivity contribution < 1.29 is 4.74 Å². The molecule has 0 fully saturated rings. The van der Waals surface area contributed by atoms with Crippen molar-refractivity contribution in [3.05, 3.63) is 64.7 Å². The third kappa shape index (κ3) is 3.00. The van der Waals surface area contributed by atoms with Gasteiger partial charge in [0.1, 0.15) is 5.01 Å². The molecule has 0 unspecified atom stereocenters. The van der Waals surface area contributed by atoms with Crippen LogP contribution in [-0.4, -0.2) is 4.98 Å². The lowest BCUT2D eigenvalue weighted by Crippen LogP contribution is -1.93. The van der Waals surface area contributed by atoms with Crippen LogP contribution in [0.2, 0.25) is 0 Å². The standard InChI is InChI=1S/C16H15NOS/c1-12-7-8-15-14(9-12)17-16(19-15)11-18-10-13-5-3-2-4-6-13/h2-9H,10-11H2,1H3. The molecule has 0 N–H and O–H groups in total. The maximum atomic E-state index is 5.71. The molecule has 2 aromatic carbocycles. The molecule has 1 heterocycles. The number of fused-ring (bicyclic) bond motifs is 1. The summed E-state index contributed by atoms with van der Waals surface area (Å²) < 4.78 is 6.94. The van der Waals surface area contributed by atoms with Crippen LogP contribution in [0.15, 0.2) is 48.5 Å². The molecule has 3 heteroatoms. The Hall–Kier alpha value is -1.71. The first-order valence-corrected chi connectivity index (χ1v) is 7.11. The molecule has 0 saturated heterocycles. The lowest BCUT2D eigenvalue weighted by molar-refractivity contribution is 0.107. The average molecular weight is 269 g/mol. The van der Waals surface area contributed by atoms with Gasteiger partial charge in [-0.2, -0.15) is 0 Å². The average Bonchev–Trinajstić information content (AvgIpc) is 2.82. The lowest BCUT2D eigenvalue weighted by atomic mass is 10.2. The second-order valence-corrected chi connectivity index (χ2v) is 5.67. The monoisotopic (exact) mass is 269 g/mol. The van der Waals surface area contributed by atoms with Gasteiger partial charge in [-0.15, -0.1) is 11.3 Å². The van der Waals surface area contributed by atoms with Gasteiger partial charge in [-0.3, -0.25) is 0 Å². The predicted octanol–water partition coefficient (Wildman–Crippen LogP) is 4.32. The molecule has 0 radical (unpaired) electrons. The van der Waals surface area contributed by atoms with Gasteiger partial charge in [0.05, 0.1) is 23.4 Å². The summed E-state index contributed by atoms with van der Waals surface area (Å²) in [5, 5.41) is 1.04. The molecule has 0 saturated carbocycles. The van der Waals surface area contributed by atoms with E-state index < -0.39 is 0 Å². The minimum Gasteiger partial charge on any atom is -0.370 e. The summed E-state index contributed by atoms with van der Waals surface area (Å²) >= 11 is 1.71. The Bertz CT molecular complexity index is 676. The summed E-state index contributed by atoms with van der Waals surface area (Å²) in [5.74, 6) is 0. The van der Waals surface area contributed by atoms with Gasteiger partial charge >= 0.3 is 0 Å². The summed E-state index contributed by atoms with van der Waals surface area (Å²) in [7, 11) is 0. The number of rotatable bonds is 4. The van der Waals surface area contributed by atoms with Crippen molar-refractivity contribution in [2.45, 2.75) is 20.1 Å². The van der Waals surface area contributed by atoms with E-state index in [-0.39, 0.29) is 0 Å². The van der Waals surface area contributed by atoms with E-state index in [2.05, 4.69) is 42.2 Å². The van der Waals surface area contributed by atoms with E-state index in [1.807, 2.05) is 18.2 Å². The third-order valence-corrected chi connectivity index (χ3v) is 3.93. The van der Waals surface area contributed by atoms with Gasteiger partial charge in [0.25, 0.3) is 0 Å². The van der Waals surface area contributed by atoms with Crippen LogP contribution in [-0.2, 0) is 18.0 Å². The largest absolute Gasteiger partial charge is 0.370 e. The Morgan fingerprint density at radius 1 is 1.05 bits per heavy atom. The Morgan fingerprint density at radius 3 is 2.74 bits per heavy atom. The molecule has 0 amide bonds. The molecule has 19 heavy (non-hydrogen) atoms. The fourth-order valence-corrected chi connectivity index (χ4v) is 2.86. The first-order valence-electron chi connectivity index (χ1n) is 6.29. The van der Waals surface area contributed by atoms with E-state index in [9.17, 15) is 0 Å². The Labute approximate surface area is 116 Å². The highest BCUT2D eigenvalue weighted by Crippen LogP contribution is 2.23. The van der Waals surface area contributed by atoms with Crippen LogP contribution < -0.4 is 0 Å². The van der Waals surface area contributed by atoms with Crippen LogP contribution in [0.25, 0.3) is 10.2 Å². The molecule has 3 rings (SSSR count). The highest BCUT2D eigenvalue weighted by Gasteiger charge is 2.04. The van der Waals surface area contributed by atoms with Crippen molar-refractivity contribution in [3.63, 3.8) is 0 Å². The molecule has 0 aliphatic rings. The Balaban J connectivity index is 1.65. The minimum absolute atomic E-state index is 0.577. The maximum absolute atomic E-state index is 5.71. The number of hydrogen-bond acceptors (Lipinski definition) is 3. The summed E-state index contributed by atoms with van der Waals surface area (Å²) in [4.78, 5) is 4.60. The highest BCUT2D eigenvalue weighted by atomic mass is 32.1. The van der Waals surface area contributed by atoms with Gasteiger partial charge in [0.15, 0.2) is 0 Å². The fraction of sp³-hybridized carbons (Fsp3) is 0.188. The first kappa shape index (κ1) is 12.3. The van der Waals surface area contributed by atoms with E-state index in [4.69, 9.17) is 4.74 Å². The number of benzene rings is 2. The smallest absolute Gasteiger partial charge is 0.120 e. The van der Waals surface area contributed by atoms with Crippen molar-refractivity contribution in [2.24, 2.45) is 0 Å². The van der Waals surface area contributed by atoms with Crippen LogP contribution in [0.4, 0.5) is 0 Å². The molecule has 0 spiro atoms. The second kappa shape index (κ2) is 5.51. The predicted molar refractivity (Wildman–Crippen MR) is 79.3 cm³/mol. The van der Waals surface area contributed by atoms with Gasteiger partial charge in [0, 0.05) is 0 Å². The van der Waals surface area contributed by atoms with Gasteiger partial charge in [0.2, 0.25) is 0 Å². The number of thiazole rings is 1. The van der Waals surface area contributed by atoms with Crippen molar-refractivity contribution in [1.82, 2.24) is 4.98 Å². The molecular weight excluding hydrogens is 254 g/mol. The molecule has 3 aromatic rings. The van der Waals surface area contributed by atoms with Gasteiger partial charge < -0.3 is 4.74 Å². The number of aromatic nitrogens is 1. The fourth-order valence-electron chi connectivity index (χ4n) is 1.98. The van der Waals surface area contributed by atoms with E-state index >= 15 is 0 Å². The summed E-state index contributed by atoms with van der Waals surface area (Å²) in [6, 6.07) is 16.6. The van der Waals surface area contributed by atoms with E-state index in [1.54, 1.807) is 11.3 Å². The molecule has 0 aliphatic carbocycles. The molecule has 0 aliphatic heterocycles. The summed E-state index contributed by atoms with van der Waals surface area (Å²) in [6.45, 7) is 3.30. The molecular formula is C16H15NOS. The highest BCUT2D eigenvalue weighted by molar-refractivity contribution is 7.18. The zero-order valence-electron chi connectivity index (χ0n) is 10.8. The normalized spacial score (nSPS) is 11.0. The Kier molecular flexibility index (Phi) is 3.58. The molecule has 0 atom stereocenters. The van der Waals surface area contributed by atoms with Crippen molar-refractivity contribution in [3.8, 4) is 0 Å². The first-order chi connectivity index (χ1) is 9.31. The van der Waals surface area contributed by atoms with Gasteiger partial charge in [-0.25, -0.2) is 4.98 Å². The third-order valence-electron chi connectivity index (χ3n) is 2.92. The number of ether oxygens (including phenoxy) is 1. The second-order valence-electron chi connectivity index (χ2n) is 4.56. The van der Waals surface area contributed by atoms with E-state index in [1.165, 1.54) is 15.8 Å². The van der Waals surface area contributed by atoms with Crippen LogP contribution in [0.5, 0.6) is 0 Å². The SMILES string of the molecule is Cc1ccc2sc(COCc3ccccc3)nc2c1. The summed E-state index contributed by atoms with van der Waals surface area (Å²) in [5.41, 5.74) is 3.51. The molecule has 0 bridgehead atoms. The van der Waals surface area contributed by atoms with E-state index in [0.29, 0.717) is 13.2 Å².